The van der Waals surface area contributed by atoms with Gasteiger partial charge in [0.1, 0.15) is 17.3 Å². The Morgan fingerprint density at radius 3 is 1.70 bits per heavy atom. The molecule has 1 spiro atoms. The number of aromatic nitrogens is 3. The van der Waals surface area contributed by atoms with Gasteiger partial charge in [0, 0.05) is 34.0 Å². The van der Waals surface area contributed by atoms with Crippen molar-refractivity contribution < 1.29 is 4.74 Å². The monoisotopic (exact) mass is 819 g/mol. The van der Waals surface area contributed by atoms with E-state index in [0.717, 1.165) is 84.5 Å². The number of rotatable bonds is 6. The summed E-state index contributed by atoms with van der Waals surface area (Å²) in [5.74, 6) is 2.41. The van der Waals surface area contributed by atoms with Gasteiger partial charge in [-0.25, -0.2) is 9.97 Å². The molecule has 0 saturated carbocycles. The molecule has 4 nitrogen and oxygen atoms in total. The third kappa shape index (κ3) is 6.10. The number of hydrogen-bond acceptors (Lipinski definition) is 4. The summed E-state index contributed by atoms with van der Waals surface area (Å²) in [5, 5.41) is 0. The molecule has 302 valence electrons. The molecule has 10 aromatic rings. The molecule has 8 aromatic carbocycles. The molecule has 1 aliphatic heterocycles. The van der Waals surface area contributed by atoms with Crippen molar-refractivity contribution in [3.63, 3.8) is 0 Å². The van der Waals surface area contributed by atoms with Crippen LogP contribution >= 0.6 is 0 Å². The summed E-state index contributed by atoms with van der Waals surface area (Å²) in [6.45, 7) is 4.12. The summed E-state index contributed by atoms with van der Waals surface area (Å²) in [5.41, 5.74) is 20.5. The fourth-order valence-electron chi connectivity index (χ4n) is 10.0. The zero-order chi connectivity index (χ0) is 42.8. The van der Waals surface area contributed by atoms with E-state index in [0.29, 0.717) is 0 Å². The minimum Gasteiger partial charge on any atom is -0.457 e. The van der Waals surface area contributed by atoms with Gasteiger partial charge in [-0.1, -0.05) is 158 Å². The molecule has 4 heteroatoms. The van der Waals surface area contributed by atoms with Crippen LogP contribution in [0.2, 0.25) is 0 Å². The van der Waals surface area contributed by atoms with Crippen molar-refractivity contribution in [2.24, 2.45) is 0 Å². The molecule has 3 heterocycles. The SMILES string of the molecule is Cc1nc(-c2ccc(-c3ccccc3)cc2)cc(-c2ccc3c(c2)C2(c4ccccc4O3)c3ccccc3-c3ccc(-c4cccc(-c5cc(-c6ccccc6)ncc5C)c4)cc32)n1. The maximum absolute atomic E-state index is 6.84. The minimum absolute atomic E-state index is 0.663. The average molecular weight is 820 g/mol. The number of pyridine rings is 1. The molecule has 1 unspecified atom stereocenters. The first-order chi connectivity index (χ1) is 31.5. The third-order valence-electron chi connectivity index (χ3n) is 13.0. The molecule has 0 saturated heterocycles. The van der Waals surface area contributed by atoms with Crippen molar-refractivity contribution in [3.05, 3.63) is 246 Å². The topological polar surface area (TPSA) is 47.9 Å². The van der Waals surface area contributed by atoms with E-state index < -0.39 is 5.41 Å². The van der Waals surface area contributed by atoms with Crippen LogP contribution in [0.25, 0.3) is 78.3 Å². The molecule has 1 aliphatic carbocycles. The average Bonchev–Trinajstić information content (AvgIpc) is 3.64. The van der Waals surface area contributed by atoms with Gasteiger partial charge in [0.15, 0.2) is 0 Å². The van der Waals surface area contributed by atoms with Crippen LogP contribution in [-0.2, 0) is 5.41 Å². The van der Waals surface area contributed by atoms with Crippen LogP contribution in [0.3, 0.4) is 0 Å². The zero-order valence-corrected chi connectivity index (χ0v) is 35.5. The first kappa shape index (κ1) is 37.5. The Hall–Kier alpha value is -8.21. The number of benzene rings is 8. The lowest BCUT2D eigenvalue weighted by Gasteiger charge is -2.39. The van der Waals surface area contributed by atoms with E-state index in [-0.39, 0.29) is 0 Å². The van der Waals surface area contributed by atoms with Gasteiger partial charge < -0.3 is 4.74 Å². The first-order valence-corrected chi connectivity index (χ1v) is 21.8. The second kappa shape index (κ2) is 15.0. The Kier molecular flexibility index (Phi) is 8.80. The number of hydrogen-bond donors (Lipinski definition) is 0. The summed E-state index contributed by atoms with van der Waals surface area (Å²) < 4.78 is 6.84. The lowest BCUT2D eigenvalue weighted by molar-refractivity contribution is 0.436. The predicted octanol–water partition coefficient (Wildman–Crippen LogP) is 15.0. The molecule has 0 radical (unpaired) electrons. The van der Waals surface area contributed by atoms with Crippen LogP contribution in [0.5, 0.6) is 11.5 Å². The highest BCUT2D eigenvalue weighted by Gasteiger charge is 2.51. The highest BCUT2D eigenvalue weighted by molar-refractivity contribution is 5.91. The summed E-state index contributed by atoms with van der Waals surface area (Å²) in [7, 11) is 0. The Morgan fingerprint density at radius 1 is 0.344 bits per heavy atom. The van der Waals surface area contributed by atoms with Gasteiger partial charge in [-0.05, 0) is 124 Å². The fourth-order valence-corrected chi connectivity index (χ4v) is 10.0. The second-order valence-electron chi connectivity index (χ2n) is 16.8. The van der Waals surface area contributed by atoms with E-state index in [1.54, 1.807) is 0 Å². The van der Waals surface area contributed by atoms with Crippen molar-refractivity contribution in [1.29, 1.82) is 0 Å². The summed E-state index contributed by atoms with van der Waals surface area (Å²) >= 11 is 0. The number of ether oxygens (including phenoxy) is 1. The summed E-state index contributed by atoms with van der Waals surface area (Å²) in [4.78, 5) is 14.8. The van der Waals surface area contributed by atoms with E-state index in [4.69, 9.17) is 19.7 Å². The molecule has 12 rings (SSSR count). The highest BCUT2D eigenvalue weighted by Crippen LogP contribution is 2.62. The molecule has 0 bridgehead atoms. The third-order valence-corrected chi connectivity index (χ3v) is 13.0. The van der Waals surface area contributed by atoms with E-state index in [9.17, 15) is 0 Å². The minimum atomic E-state index is -0.663. The van der Waals surface area contributed by atoms with E-state index in [1.807, 2.05) is 25.3 Å². The van der Waals surface area contributed by atoms with Gasteiger partial charge in [0.2, 0.25) is 0 Å². The van der Waals surface area contributed by atoms with Gasteiger partial charge in [-0.15, -0.1) is 0 Å². The van der Waals surface area contributed by atoms with E-state index >= 15 is 0 Å². The van der Waals surface area contributed by atoms with Crippen LogP contribution in [0, 0.1) is 13.8 Å². The normalized spacial score (nSPS) is 14.3. The van der Waals surface area contributed by atoms with Gasteiger partial charge in [-0.3, -0.25) is 4.98 Å². The number of para-hydroxylation sites is 1. The molecule has 64 heavy (non-hydrogen) atoms. The Balaban J connectivity index is 1.01. The van der Waals surface area contributed by atoms with Crippen molar-refractivity contribution in [2.75, 3.05) is 0 Å². The largest absolute Gasteiger partial charge is 0.457 e. The number of nitrogens with zero attached hydrogens (tertiary/aromatic N) is 3. The lowest BCUT2D eigenvalue weighted by Crippen LogP contribution is -2.32. The molecule has 1 atom stereocenters. The van der Waals surface area contributed by atoms with E-state index in [1.165, 1.54) is 38.9 Å². The Morgan fingerprint density at radius 2 is 0.891 bits per heavy atom. The van der Waals surface area contributed by atoms with Crippen molar-refractivity contribution in [2.45, 2.75) is 19.3 Å². The molecular weight excluding hydrogens is 779 g/mol. The van der Waals surface area contributed by atoms with Crippen molar-refractivity contribution >= 4 is 0 Å². The number of aryl methyl sites for hydroxylation is 2. The van der Waals surface area contributed by atoms with Crippen LogP contribution in [0.1, 0.15) is 33.6 Å². The maximum atomic E-state index is 6.84. The van der Waals surface area contributed by atoms with E-state index in [2.05, 4.69) is 201 Å². The van der Waals surface area contributed by atoms with Gasteiger partial charge in [0.05, 0.1) is 22.5 Å². The molecule has 2 aromatic heterocycles. The van der Waals surface area contributed by atoms with Gasteiger partial charge in [-0.2, -0.15) is 0 Å². The van der Waals surface area contributed by atoms with Crippen molar-refractivity contribution in [1.82, 2.24) is 15.0 Å². The molecule has 0 fully saturated rings. The molecular formula is C60H41N3O. The quantitative estimate of drug-likeness (QED) is 0.168. The van der Waals surface area contributed by atoms with Gasteiger partial charge in [0.25, 0.3) is 0 Å². The first-order valence-electron chi connectivity index (χ1n) is 21.8. The van der Waals surface area contributed by atoms with Crippen LogP contribution in [-0.4, -0.2) is 15.0 Å². The highest BCUT2D eigenvalue weighted by atomic mass is 16.5. The fraction of sp³-hybridized carbons (Fsp3) is 0.0500. The number of fused-ring (bicyclic) bond motifs is 9. The molecule has 0 amide bonds. The smallest absolute Gasteiger partial charge is 0.132 e. The summed E-state index contributed by atoms with van der Waals surface area (Å²) in [6.07, 6.45) is 1.99. The van der Waals surface area contributed by atoms with Crippen LogP contribution in [0.4, 0.5) is 0 Å². The standard InChI is InChI=1S/C60H41N3O/c1-38-37-61-55(42-16-7-4-8-17-42)35-50(38)46-19-13-18-44(32-46)45-28-30-49-48-20-9-10-21-51(48)60(53(49)33-45)52-22-11-12-23-58(52)64-59-31-29-47(34-54(59)60)57-36-56(62-39(2)63-57)43-26-24-41(25-27-43)40-14-5-3-6-15-40/h3-37H,1-2H3. The maximum Gasteiger partial charge on any atom is 0.132 e. The molecule has 0 N–H and O–H groups in total. The lowest BCUT2D eigenvalue weighted by atomic mass is 9.65. The molecule has 2 aliphatic rings. The second-order valence-corrected chi connectivity index (χ2v) is 16.8. The Labute approximate surface area is 373 Å². The van der Waals surface area contributed by atoms with Gasteiger partial charge >= 0.3 is 0 Å². The zero-order valence-electron chi connectivity index (χ0n) is 35.5. The predicted molar refractivity (Wildman–Crippen MR) is 259 cm³/mol. The Bertz CT molecular complexity index is 3430. The van der Waals surface area contributed by atoms with Crippen molar-refractivity contribution in [3.8, 4) is 89.8 Å². The summed E-state index contributed by atoms with van der Waals surface area (Å²) in [6, 6.07) is 73.8. The van der Waals surface area contributed by atoms with Crippen LogP contribution < -0.4 is 4.74 Å². The van der Waals surface area contributed by atoms with Crippen LogP contribution in [0.15, 0.2) is 212 Å².